The molecule has 1 nitrogen and oxygen atoms in total. The van der Waals surface area contributed by atoms with Gasteiger partial charge in [-0.15, -0.1) is 11.3 Å². The number of fused-ring (bicyclic) bond motifs is 7. The van der Waals surface area contributed by atoms with Crippen LogP contribution in [0.1, 0.15) is 65.8 Å². The Morgan fingerprint density at radius 1 is 0.384 bits per heavy atom. The number of rotatable bonds is 9. The van der Waals surface area contributed by atoms with E-state index in [0.29, 0.717) is 5.92 Å². The van der Waals surface area contributed by atoms with Crippen LogP contribution in [0.2, 0.25) is 0 Å². The van der Waals surface area contributed by atoms with Crippen LogP contribution in [0.4, 0.5) is 17.1 Å². The van der Waals surface area contributed by atoms with Gasteiger partial charge in [0.2, 0.25) is 0 Å². The zero-order valence-corrected chi connectivity index (χ0v) is 41.5. The van der Waals surface area contributed by atoms with E-state index < -0.39 is 5.41 Å². The van der Waals surface area contributed by atoms with Gasteiger partial charge in [0.25, 0.3) is 0 Å². The highest BCUT2D eigenvalue weighted by atomic mass is 32.1. The lowest BCUT2D eigenvalue weighted by Gasteiger charge is -2.34. The van der Waals surface area contributed by atoms with Crippen molar-refractivity contribution in [3.8, 4) is 44.5 Å². The molecule has 0 aliphatic heterocycles. The second-order valence-electron chi connectivity index (χ2n) is 20.1. The molecule has 0 unspecified atom stereocenters. The van der Waals surface area contributed by atoms with Crippen LogP contribution in [0, 0.1) is 0 Å². The first-order valence-corrected chi connectivity index (χ1v) is 26.9. The van der Waals surface area contributed by atoms with Crippen molar-refractivity contribution in [3.63, 3.8) is 0 Å². The minimum atomic E-state index is -0.516. The quantitative estimate of drug-likeness (QED) is 0.139. The molecule has 0 amide bonds. The molecule has 0 spiro atoms. The zero-order valence-electron chi connectivity index (χ0n) is 40.7. The molecule has 1 heterocycles. The maximum atomic E-state index is 2.56. The van der Waals surface area contributed by atoms with E-state index in [1.807, 2.05) is 11.3 Å². The minimum Gasteiger partial charge on any atom is -0.309 e. The van der Waals surface area contributed by atoms with E-state index in [2.05, 4.69) is 260 Å². The van der Waals surface area contributed by atoms with Gasteiger partial charge in [0.05, 0.1) is 16.8 Å². The summed E-state index contributed by atoms with van der Waals surface area (Å²) in [5.41, 5.74) is 19.4. The molecule has 1 aromatic heterocycles. The fourth-order valence-electron chi connectivity index (χ4n) is 13.0. The van der Waals surface area contributed by atoms with Crippen LogP contribution >= 0.6 is 11.3 Å². The zero-order chi connectivity index (χ0) is 48.3. The van der Waals surface area contributed by atoms with E-state index in [4.69, 9.17) is 0 Å². The number of para-hydroxylation sites is 2. The molecular formula is C71H53NS. The van der Waals surface area contributed by atoms with Gasteiger partial charge in [0.15, 0.2) is 0 Å². The Morgan fingerprint density at radius 2 is 0.959 bits per heavy atom. The lowest BCUT2D eigenvalue weighted by molar-refractivity contribution is 0.445. The Balaban J connectivity index is 1.01. The van der Waals surface area contributed by atoms with Gasteiger partial charge < -0.3 is 4.90 Å². The van der Waals surface area contributed by atoms with Crippen LogP contribution in [0.3, 0.4) is 0 Å². The van der Waals surface area contributed by atoms with E-state index in [0.717, 1.165) is 17.1 Å². The Labute approximate surface area is 432 Å². The summed E-state index contributed by atoms with van der Waals surface area (Å²) < 4.78 is 2.63. The van der Waals surface area contributed by atoms with Gasteiger partial charge in [0.1, 0.15) is 0 Å². The average Bonchev–Trinajstić information content (AvgIpc) is 4.04. The van der Waals surface area contributed by atoms with Gasteiger partial charge in [0, 0.05) is 37.0 Å². The molecule has 14 rings (SSSR count). The molecular weight excluding hydrogens is 899 g/mol. The Hall–Kier alpha value is -8.30. The van der Waals surface area contributed by atoms with Gasteiger partial charge in [-0.25, -0.2) is 0 Å². The summed E-state index contributed by atoms with van der Waals surface area (Å²) in [6.07, 6.45) is 6.41. The van der Waals surface area contributed by atoms with Crippen LogP contribution in [0.5, 0.6) is 0 Å². The summed E-state index contributed by atoms with van der Waals surface area (Å²) >= 11 is 1.89. The van der Waals surface area contributed by atoms with E-state index in [9.17, 15) is 0 Å². The van der Waals surface area contributed by atoms with Crippen molar-refractivity contribution >= 4 is 59.3 Å². The van der Waals surface area contributed by atoms with Gasteiger partial charge in [-0.3, -0.25) is 0 Å². The summed E-state index contributed by atoms with van der Waals surface area (Å²) in [6.45, 7) is 0. The van der Waals surface area contributed by atoms with Crippen LogP contribution in [0.15, 0.2) is 255 Å². The third-order valence-corrected chi connectivity index (χ3v) is 17.4. The van der Waals surface area contributed by atoms with Crippen molar-refractivity contribution in [2.75, 3.05) is 4.90 Å². The molecule has 2 aliphatic carbocycles. The van der Waals surface area contributed by atoms with Crippen molar-refractivity contribution < 1.29 is 0 Å². The van der Waals surface area contributed by atoms with Gasteiger partial charge in [-0.05, 0) is 127 Å². The first-order valence-electron chi connectivity index (χ1n) is 26.1. The number of thiophene rings is 1. The third-order valence-electron chi connectivity index (χ3n) is 16.2. The van der Waals surface area contributed by atoms with Crippen molar-refractivity contribution in [1.29, 1.82) is 0 Å². The maximum Gasteiger partial charge on any atom is 0.0713 e. The fourth-order valence-corrected chi connectivity index (χ4v) is 14.2. The van der Waals surface area contributed by atoms with Gasteiger partial charge >= 0.3 is 0 Å². The van der Waals surface area contributed by atoms with E-state index >= 15 is 0 Å². The van der Waals surface area contributed by atoms with Crippen molar-refractivity contribution in [2.45, 2.75) is 43.4 Å². The Bertz CT molecular complexity index is 3980. The molecule has 0 bridgehead atoms. The van der Waals surface area contributed by atoms with Gasteiger partial charge in [-0.2, -0.15) is 0 Å². The lowest BCUT2D eigenvalue weighted by atomic mass is 9.67. The predicted molar refractivity (Wildman–Crippen MR) is 311 cm³/mol. The van der Waals surface area contributed by atoms with Crippen LogP contribution in [0.25, 0.3) is 75.5 Å². The normalized spacial score (nSPS) is 14.1. The van der Waals surface area contributed by atoms with Crippen LogP contribution < -0.4 is 4.90 Å². The SMILES string of the molecule is c1ccc(C2(c3ccccc3)c3ccccc3-c3ccc(-c4ccccc4N(c4cccc(-c5cccc6c5sc5ccccc56)c4)c4ccccc4-c4cccc5cccc(C6CCCCC6)c45)cc32)cc1. The fraction of sp³-hybridized carbons (Fsp3) is 0.0986. The highest BCUT2D eigenvalue weighted by Crippen LogP contribution is 2.57. The summed E-state index contributed by atoms with van der Waals surface area (Å²) in [4.78, 5) is 2.56. The molecule has 0 N–H and O–H groups in total. The van der Waals surface area contributed by atoms with Crippen LogP contribution in [-0.4, -0.2) is 0 Å². The van der Waals surface area contributed by atoms with Crippen molar-refractivity contribution in [3.05, 3.63) is 283 Å². The summed E-state index contributed by atoms with van der Waals surface area (Å²) in [6, 6.07) is 95.8. The predicted octanol–water partition coefficient (Wildman–Crippen LogP) is 20.1. The number of hydrogen-bond acceptors (Lipinski definition) is 2. The Morgan fingerprint density at radius 3 is 1.75 bits per heavy atom. The third kappa shape index (κ3) is 7.11. The van der Waals surface area contributed by atoms with Crippen molar-refractivity contribution in [1.82, 2.24) is 0 Å². The minimum absolute atomic E-state index is 0.516. The summed E-state index contributed by atoms with van der Waals surface area (Å²) in [5.74, 6) is 0.556. The maximum absolute atomic E-state index is 2.56. The molecule has 73 heavy (non-hydrogen) atoms. The Kier molecular flexibility index (Phi) is 10.8. The molecule has 0 radical (unpaired) electrons. The van der Waals surface area contributed by atoms with E-state index in [-0.39, 0.29) is 0 Å². The summed E-state index contributed by atoms with van der Waals surface area (Å²) in [7, 11) is 0. The molecule has 0 atom stereocenters. The highest BCUT2D eigenvalue weighted by molar-refractivity contribution is 7.26. The number of nitrogens with zero attached hydrogens (tertiary/aromatic N) is 1. The average molecular weight is 952 g/mol. The van der Waals surface area contributed by atoms with E-state index in [1.165, 1.54) is 135 Å². The molecule has 2 aliphatic rings. The second-order valence-corrected chi connectivity index (χ2v) is 21.1. The van der Waals surface area contributed by atoms with Crippen molar-refractivity contribution in [2.24, 2.45) is 0 Å². The molecule has 1 fully saturated rings. The first-order chi connectivity index (χ1) is 36.2. The molecule has 2 heteroatoms. The molecule has 0 saturated heterocycles. The number of benzene rings is 11. The highest BCUT2D eigenvalue weighted by Gasteiger charge is 2.46. The molecule has 1 saturated carbocycles. The second kappa shape index (κ2) is 18.1. The smallest absolute Gasteiger partial charge is 0.0713 e. The lowest BCUT2D eigenvalue weighted by Crippen LogP contribution is -2.28. The molecule has 12 aromatic rings. The molecule has 348 valence electrons. The monoisotopic (exact) mass is 951 g/mol. The summed E-state index contributed by atoms with van der Waals surface area (Å²) in [5, 5.41) is 5.31. The standard InChI is InChI=1S/C71H53NS/c1-4-22-48(23-5-1)56-36-19-24-49-25-20-38-62(69(49)56)60-34-12-16-42-67(60)72(54-31-18-26-50(46-54)57-37-21-39-63-61-35-13-17-43-68(61)73-70(57)63)66-41-15-11-32-55(66)51-44-45-59-58-33-10-14-40-64(58)71(65(59)47-51,52-27-6-2-7-28-52)53-29-8-3-9-30-53/h2-3,6-21,24-48H,1,4-5,22-23H2. The van der Waals surface area contributed by atoms with Gasteiger partial charge in [-0.1, -0.05) is 238 Å². The topological polar surface area (TPSA) is 3.24 Å². The van der Waals surface area contributed by atoms with Crippen LogP contribution in [-0.2, 0) is 5.41 Å². The number of hydrogen-bond donors (Lipinski definition) is 0. The largest absolute Gasteiger partial charge is 0.309 e. The van der Waals surface area contributed by atoms with E-state index in [1.54, 1.807) is 0 Å². The number of anilines is 3. The molecule has 11 aromatic carbocycles. The first kappa shape index (κ1) is 43.5.